The Labute approximate surface area is 123 Å². The van der Waals surface area contributed by atoms with Crippen molar-refractivity contribution in [1.29, 1.82) is 0 Å². The molecular formula is C13H12ClF3N2O2. The van der Waals surface area contributed by atoms with Crippen molar-refractivity contribution in [2.75, 3.05) is 11.9 Å². The van der Waals surface area contributed by atoms with E-state index in [0.717, 1.165) is 0 Å². The number of anilines is 1. The summed E-state index contributed by atoms with van der Waals surface area (Å²) in [5, 5.41) is 2.87. The Morgan fingerprint density at radius 1 is 1.33 bits per heavy atom. The van der Waals surface area contributed by atoms with Crippen LogP contribution in [0.3, 0.4) is 0 Å². The lowest BCUT2D eigenvalue weighted by Crippen LogP contribution is -2.48. The van der Waals surface area contributed by atoms with E-state index >= 15 is 0 Å². The number of likely N-dealkylation sites (tertiary alicyclic amines) is 1. The summed E-state index contributed by atoms with van der Waals surface area (Å²) >= 11 is 5.76. The van der Waals surface area contributed by atoms with Gasteiger partial charge in [0, 0.05) is 17.3 Å². The number of benzene rings is 1. The maximum absolute atomic E-state index is 12.5. The molecule has 1 atom stereocenters. The maximum Gasteiger partial charge on any atom is 0.471 e. The summed E-state index contributed by atoms with van der Waals surface area (Å²) in [7, 11) is 0. The molecule has 1 saturated heterocycles. The van der Waals surface area contributed by atoms with Crippen LogP contribution in [0.5, 0.6) is 0 Å². The molecule has 1 unspecified atom stereocenters. The van der Waals surface area contributed by atoms with Gasteiger partial charge in [0.2, 0.25) is 5.91 Å². The molecule has 2 amide bonds. The summed E-state index contributed by atoms with van der Waals surface area (Å²) in [6, 6.07) is 5.13. The fourth-order valence-corrected chi connectivity index (χ4v) is 2.43. The molecule has 1 aliphatic rings. The number of hydrogen-bond donors (Lipinski definition) is 1. The van der Waals surface area contributed by atoms with E-state index < -0.39 is 24.0 Å². The van der Waals surface area contributed by atoms with Crippen LogP contribution in [-0.2, 0) is 9.59 Å². The van der Waals surface area contributed by atoms with Crippen LogP contribution in [0.2, 0.25) is 5.02 Å². The van der Waals surface area contributed by atoms with Crippen LogP contribution in [0.4, 0.5) is 18.9 Å². The zero-order valence-electron chi connectivity index (χ0n) is 10.8. The Kier molecular flexibility index (Phi) is 4.41. The molecule has 0 aromatic heterocycles. The van der Waals surface area contributed by atoms with Gasteiger partial charge < -0.3 is 10.2 Å². The molecule has 0 bridgehead atoms. The maximum atomic E-state index is 12.5. The highest BCUT2D eigenvalue weighted by Gasteiger charge is 2.47. The van der Waals surface area contributed by atoms with Crippen LogP contribution in [0.1, 0.15) is 12.8 Å². The van der Waals surface area contributed by atoms with E-state index in [0.29, 0.717) is 22.0 Å². The van der Waals surface area contributed by atoms with E-state index in [-0.39, 0.29) is 13.0 Å². The zero-order chi connectivity index (χ0) is 15.6. The molecule has 1 N–H and O–H groups in total. The monoisotopic (exact) mass is 320 g/mol. The highest BCUT2D eigenvalue weighted by atomic mass is 35.5. The predicted molar refractivity (Wildman–Crippen MR) is 70.9 cm³/mol. The SMILES string of the molecule is O=C(Nc1cccc(Cl)c1)C1CCCN1C(=O)C(F)(F)F. The van der Waals surface area contributed by atoms with Gasteiger partial charge in [0.15, 0.2) is 0 Å². The minimum absolute atomic E-state index is 0.0774. The van der Waals surface area contributed by atoms with Gasteiger partial charge in [-0.1, -0.05) is 17.7 Å². The standard InChI is InChI=1S/C13H12ClF3N2O2/c14-8-3-1-4-9(7-8)18-11(20)10-5-2-6-19(10)12(21)13(15,16)17/h1,3-4,7,10H,2,5-6H2,(H,18,20). The average molecular weight is 321 g/mol. The van der Waals surface area contributed by atoms with E-state index in [1.807, 2.05) is 0 Å². The van der Waals surface area contributed by atoms with Crippen molar-refractivity contribution in [3.8, 4) is 0 Å². The molecule has 114 valence electrons. The van der Waals surface area contributed by atoms with E-state index in [2.05, 4.69) is 5.32 Å². The summed E-state index contributed by atoms with van der Waals surface area (Å²) < 4.78 is 37.4. The third-order valence-corrected chi connectivity index (χ3v) is 3.39. The largest absolute Gasteiger partial charge is 0.471 e. The first-order valence-corrected chi connectivity index (χ1v) is 6.61. The minimum atomic E-state index is -4.97. The number of nitrogens with zero attached hydrogens (tertiary/aromatic N) is 1. The highest BCUT2D eigenvalue weighted by Crippen LogP contribution is 2.26. The van der Waals surface area contributed by atoms with Crippen molar-refractivity contribution in [3.05, 3.63) is 29.3 Å². The number of hydrogen-bond acceptors (Lipinski definition) is 2. The Morgan fingerprint density at radius 3 is 2.67 bits per heavy atom. The number of nitrogens with one attached hydrogen (secondary N) is 1. The quantitative estimate of drug-likeness (QED) is 0.911. The molecule has 0 saturated carbocycles. The normalized spacial score (nSPS) is 18.7. The van der Waals surface area contributed by atoms with Crippen LogP contribution >= 0.6 is 11.6 Å². The smallest absolute Gasteiger partial charge is 0.324 e. The van der Waals surface area contributed by atoms with Crippen molar-refractivity contribution in [2.45, 2.75) is 25.1 Å². The van der Waals surface area contributed by atoms with E-state index in [1.165, 1.54) is 6.07 Å². The van der Waals surface area contributed by atoms with Gasteiger partial charge in [0.05, 0.1) is 0 Å². The number of carbonyl (C=O) groups excluding carboxylic acids is 2. The van der Waals surface area contributed by atoms with Gasteiger partial charge in [-0.2, -0.15) is 13.2 Å². The Hall–Kier alpha value is -1.76. The predicted octanol–water partition coefficient (Wildman–Crippen LogP) is 2.83. The Balaban J connectivity index is 2.09. The van der Waals surface area contributed by atoms with Crippen LogP contribution in [-0.4, -0.2) is 35.5 Å². The van der Waals surface area contributed by atoms with Crippen molar-refractivity contribution < 1.29 is 22.8 Å². The topological polar surface area (TPSA) is 49.4 Å². The molecule has 0 aliphatic carbocycles. The summed E-state index contributed by atoms with van der Waals surface area (Å²) in [4.78, 5) is 23.9. The number of halogens is 4. The molecule has 8 heteroatoms. The van der Waals surface area contributed by atoms with E-state index in [4.69, 9.17) is 11.6 Å². The summed E-state index contributed by atoms with van der Waals surface area (Å²) in [6.07, 6.45) is -4.41. The van der Waals surface area contributed by atoms with Crippen LogP contribution in [0.15, 0.2) is 24.3 Å². The van der Waals surface area contributed by atoms with Crippen LogP contribution in [0.25, 0.3) is 0 Å². The van der Waals surface area contributed by atoms with Crippen molar-refractivity contribution in [1.82, 2.24) is 4.90 Å². The molecule has 4 nitrogen and oxygen atoms in total. The van der Waals surface area contributed by atoms with Crippen molar-refractivity contribution in [3.63, 3.8) is 0 Å². The number of alkyl halides is 3. The van der Waals surface area contributed by atoms with E-state index in [1.54, 1.807) is 18.2 Å². The second kappa shape index (κ2) is 5.93. The molecular weight excluding hydrogens is 309 g/mol. The van der Waals surface area contributed by atoms with E-state index in [9.17, 15) is 22.8 Å². The third kappa shape index (κ3) is 3.66. The molecule has 21 heavy (non-hydrogen) atoms. The van der Waals surface area contributed by atoms with Gasteiger partial charge in [-0.15, -0.1) is 0 Å². The fourth-order valence-electron chi connectivity index (χ4n) is 2.24. The fraction of sp³-hybridized carbons (Fsp3) is 0.385. The summed E-state index contributed by atoms with van der Waals surface area (Å²) in [5.74, 6) is -2.63. The first-order chi connectivity index (χ1) is 9.79. The molecule has 2 rings (SSSR count). The second-order valence-electron chi connectivity index (χ2n) is 4.65. The van der Waals surface area contributed by atoms with Crippen molar-refractivity contribution in [2.24, 2.45) is 0 Å². The molecule has 0 radical (unpaired) electrons. The Bertz CT molecular complexity index is 563. The molecule has 1 aliphatic heterocycles. The summed E-state index contributed by atoms with van der Waals surface area (Å²) in [5.41, 5.74) is 0.374. The van der Waals surface area contributed by atoms with Gasteiger partial charge in [-0.3, -0.25) is 9.59 Å². The lowest BCUT2D eigenvalue weighted by atomic mass is 10.2. The first-order valence-electron chi connectivity index (χ1n) is 6.23. The van der Waals surface area contributed by atoms with Gasteiger partial charge in [-0.05, 0) is 31.0 Å². The van der Waals surface area contributed by atoms with Crippen LogP contribution in [0, 0.1) is 0 Å². The number of carbonyl (C=O) groups is 2. The van der Waals surface area contributed by atoms with Crippen molar-refractivity contribution >= 4 is 29.1 Å². The Morgan fingerprint density at radius 2 is 2.05 bits per heavy atom. The minimum Gasteiger partial charge on any atom is -0.324 e. The zero-order valence-corrected chi connectivity index (χ0v) is 11.5. The van der Waals surface area contributed by atoms with Gasteiger partial charge in [0.1, 0.15) is 6.04 Å². The lowest BCUT2D eigenvalue weighted by Gasteiger charge is -2.24. The third-order valence-electron chi connectivity index (χ3n) is 3.15. The van der Waals surface area contributed by atoms with Gasteiger partial charge >= 0.3 is 12.1 Å². The van der Waals surface area contributed by atoms with Crippen LogP contribution < -0.4 is 5.32 Å². The second-order valence-corrected chi connectivity index (χ2v) is 5.09. The summed E-state index contributed by atoms with van der Waals surface area (Å²) in [6.45, 7) is -0.0774. The lowest BCUT2D eigenvalue weighted by molar-refractivity contribution is -0.186. The molecule has 1 fully saturated rings. The molecule has 1 aromatic carbocycles. The highest BCUT2D eigenvalue weighted by molar-refractivity contribution is 6.30. The molecule has 1 heterocycles. The number of amides is 2. The molecule has 0 spiro atoms. The van der Waals surface area contributed by atoms with Gasteiger partial charge in [0.25, 0.3) is 0 Å². The average Bonchev–Trinajstić information content (AvgIpc) is 2.85. The molecule has 1 aromatic rings. The first kappa shape index (κ1) is 15.6. The number of rotatable bonds is 2. The van der Waals surface area contributed by atoms with Gasteiger partial charge in [-0.25, -0.2) is 0 Å².